The number of benzene rings is 1. The summed E-state index contributed by atoms with van der Waals surface area (Å²) in [5, 5.41) is 5.69. The Morgan fingerprint density at radius 3 is 2.67 bits per heavy atom. The van der Waals surface area contributed by atoms with Crippen molar-refractivity contribution in [1.29, 1.82) is 0 Å². The topological polar surface area (TPSA) is 15.3 Å². The van der Waals surface area contributed by atoms with Gasteiger partial charge >= 0.3 is 0 Å². The molecule has 1 saturated heterocycles. The highest BCUT2D eigenvalue weighted by atomic mass is 32.1. The fourth-order valence-corrected chi connectivity index (χ4v) is 3.10. The van der Waals surface area contributed by atoms with E-state index in [0.717, 1.165) is 6.54 Å². The number of nitrogens with zero attached hydrogens (tertiary/aromatic N) is 1. The number of hydrogen-bond donors (Lipinski definition) is 1. The van der Waals surface area contributed by atoms with E-state index in [1.54, 1.807) is 11.3 Å². The fraction of sp³-hybridized carbons (Fsp3) is 0.333. The number of thiophene rings is 1. The Morgan fingerprint density at radius 1 is 1.06 bits per heavy atom. The van der Waals surface area contributed by atoms with Crippen LogP contribution < -0.4 is 10.2 Å². The highest BCUT2D eigenvalue weighted by Gasteiger charge is 2.14. The van der Waals surface area contributed by atoms with Crippen molar-refractivity contribution in [3.63, 3.8) is 0 Å². The number of hydrogen-bond acceptors (Lipinski definition) is 3. The van der Waals surface area contributed by atoms with Crippen molar-refractivity contribution in [1.82, 2.24) is 0 Å². The number of rotatable bonds is 4. The maximum atomic E-state index is 3.56. The molecule has 1 N–H and O–H groups in total. The molecule has 1 fully saturated rings. The molecule has 0 saturated carbocycles. The van der Waals surface area contributed by atoms with Gasteiger partial charge in [0.15, 0.2) is 0 Å². The van der Waals surface area contributed by atoms with Gasteiger partial charge in [0.2, 0.25) is 0 Å². The van der Waals surface area contributed by atoms with Gasteiger partial charge < -0.3 is 10.2 Å². The van der Waals surface area contributed by atoms with Gasteiger partial charge in [-0.3, -0.25) is 0 Å². The van der Waals surface area contributed by atoms with Crippen LogP contribution in [0, 0.1) is 0 Å². The Balaban J connectivity index is 1.74. The third-order valence-electron chi connectivity index (χ3n) is 3.38. The van der Waals surface area contributed by atoms with E-state index in [4.69, 9.17) is 0 Å². The van der Waals surface area contributed by atoms with Gasteiger partial charge in [0.25, 0.3) is 0 Å². The summed E-state index contributed by atoms with van der Waals surface area (Å²) in [4.78, 5) is 3.86. The Labute approximate surface area is 112 Å². The summed E-state index contributed by atoms with van der Waals surface area (Å²) in [5.41, 5.74) is 2.61. The number of nitrogens with one attached hydrogen (secondary N) is 1. The molecule has 94 valence electrons. The van der Waals surface area contributed by atoms with Crippen LogP contribution in [-0.2, 0) is 6.54 Å². The predicted octanol–water partition coefficient (Wildman–Crippen LogP) is 3.96. The molecule has 0 atom stereocenters. The van der Waals surface area contributed by atoms with Gasteiger partial charge in [0.05, 0.1) is 11.4 Å². The minimum atomic E-state index is 0.919. The smallest absolute Gasteiger partial charge is 0.0602 e. The molecule has 0 spiro atoms. The van der Waals surface area contributed by atoms with Crippen LogP contribution >= 0.6 is 11.3 Å². The molecule has 3 heteroatoms. The Kier molecular flexibility index (Phi) is 3.51. The summed E-state index contributed by atoms with van der Waals surface area (Å²) in [6, 6.07) is 12.9. The van der Waals surface area contributed by atoms with Crippen LogP contribution in [0.4, 0.5) is 11.4 Å². The first-order valence-electron chi connectivity index (χ1n) is 6.54. The molecule has 0 amide bonds. The van der Waals surface area contributed by atoms with Crippen LogP contribution in [-0.4, -0.2) is 13.1 Å². The molecular weight excluding hydrogens is 240 g/mol. The molecule has 1 aliphatic heterocycles. The molecular formula is C15H18N2S. The van der Waals surface area contributed by atoms with Crippen LogP contribution in [0.5, 0.6) is 0 Å². The summed E-state index contributed by atoms with van der Waals surface area (Å²) < 4.78 is 0. The molecule has 0 bridgehead atoms. The maximum absolute atomic E-state index is 3.56. The lowest BCUT2D eigenvalue weighted by Crippen LogP contribution is -2.19. The zero-order valence-corrected chi connectivity index (χ0v) is 11.2. The molecule has 0 radical (unpaired) electrons. The summed E-state index contributed by atoms with van der Waals surface area (Å²) in [6.45, 7) is 3.30. The van der Waals surface area contributed by atoms with Crippen molar-refractivity contribution >= 4 is 22.7 Å². The molecule has 1 aromatic heterocycles. The SMILES string of the molecule is c1csc(CNc2ccccc2N2CCCC2)c1. The standard InChI is InChI=1S/C15H18N2S/c1-2-8-15(17-9-3-4-10-17)14(7-1)16-12-13-6-5-11-18-13/h1-2,5-8,11,16H,3-4,9-10,12H2. The van der Waals surface area contributed by atoms with Gasteiger partial charge in [0.1, 0.15) is 0 Å². The zero-order valence-electron chi connectivity index (χ0n) is 10.4. The van der Waals surface area contributed by atoms with Crippen LogP contribution in [0.1, 0.15) is 17.7 Å². The van der Waals surface area contributed by atoms with E-state index in [9.17, 15) is 0 Å². The van der Waals surface area contributed by atoms with Crippen molar-refractivity contribution in [3.05, 3.63) is 46.7 Å². The van der Waals surface area contributed by atoms with Crippen LogP contribution in [0.25, 0.3) is 0 Å². The van der Waals surface area contributed by atoms with E-state index < -0.39 is 0 Å². The van der Waals surface area contributed by atoms with E-state index in [2.05, 4.69) is 52.0 Å². The lowest BCUT2D eigenvalue weighted by atomic mass is 10.2. The molecule has 18 heavy (non-hydrogen) atoms. The average Bonchev–Trinajstić information content (AvgIpc) is 3.10. The minimum Gasteiger partial charge on any atom is -0.378 e. The molecule has 1 aromatic carbocycles. The van der Waals surface area contributed by atoms with E-state index >= 15 is 0 Å². The first-order valence-corrected chi connectivity index (χ1v) is 7.42. The van der Waals surface area contributed by atoms with Gasteiger partial charge in [-0.25, -0.2) is 0 Å². The van der Waals surface area contributed by atoms with Crippen molar-refractivity contribution in [2.45, 2.75) is 19.4 Å². The van der Waals surface area contributed by atoms with Gasteiger partial charge in [-0.05, 0) is 36.4 Å². The number of anilines is 2. The van der Waals surface area contributed by atoms with E-state index in [-0.39, 0.29) is 0 Å². The number of para-hydroxylation sites is 2. The van der Waals surface area contributed by atoms with Crippen molar-refractivity contribution < 1.29 is 0 Å². The van der Waals surface area contributed by atoms with E-state index in [0.29, 0.717) is 0 Å². The first kappa shape index (κ1) is 11.6. The van der Waals surface area contributed by atoms with Gasteiger partial charge in [-0.1, -0.05) is 18.2 Å². The van der Waals surface area contributed by atoms with E-state index in [1.807, 2.05) is 0 Å². The van der Waals surface area contributed by atoms with Gasteiger partial charge in [-0.2, -0.15) is 0 Å². The van der Waals surface area contributed by atoms with Crippen LogP contribution in [0.3, 0.4) is 0 Å². The molecule has 2 nitrogen and oxygen atoms in total. The molecule has 0 aliphatic carbocycles. The lowest BCUT2D eigenvalue weighted by Gasteiger charge is -2.21. The first-order chi connectivity index (χ1) is 8.93. The Morgan fingerprint density at radius 2 is 1.89 bits per heavy atom. The van der Waals surface area contributed by atoms with Gasteiger partial charge in [-0.15, -0.1) is 11.3 Å². The zero-order chi connectivity index (χ0) is 12.2. The van der Waals surface area contributed by atoms with Crippen molar-refractivity contribution in [2.24, 2.45) is 0 Å². The molecule has 1 aliphatic rings. The summed E-state index contributed by atoms with van der Waals surface area (Å²) in [6.07, 6.45) is 2.64. The molecule has 2 heterocycles. The normalized spacial score (nSPS) is 15.0. The van der Waals surface area contributed by atoms with Crippen LogP contribution in [0.15, 0.2) is 41.8 Å². The summed E-state index contributed by atoms with van der Waals surface area (Å²) >= 11 is 1.80. The van der Waals surface area contributed by atoms with Crippen molar-refractivity contribution in [2.75, 3.05) is 23.3 Å². The predicted molar refractivity (Wildman–Crippen MR) is 79.5 cm³/mol. The summed E-state index contributed by atoms with van der Waals surface area (Å²) in [5.74, 6) is 0. The average molecular weight is 258 g/mol. The Bertz CT molecular complexity index is 487. The second-order valence-corrected chi connectivity index (χ2v) is 5.68. The van der Waals surface area contributed by atoms with Crippen LogP contribution in [0.2, 0.25) is 0 Å². The second kappa shape index (κ2) is 5.44. The monoisotopic (exact) mass is 258 g/mol. The fourth-order valence-electron chi connectivity index (χ4n) is 2.45. The third-order valence-corrected chi connectivity index (χ3v) is 4.26. The maximum Gasteiger partial charge on any atom is 0.0602 e. The lowest BCUT2D eigenvalue weighted by molar-refractivity contribution is 0.949. The summed E-state index contributed by atoms with van der Waals surface area (Å²) in [7, 11) is 0. The third kappa shape index (κ3) is 2.51. The second-order valence-electron chi connectivity index (χ2n) is 4.64. The van der Waals surface area contributed by atoms with E-state index in [1.165, 1.54) is 42.2 Å². The highest BCUT2D eigenvalue weighted by molar-refractivity contribution is 7.09. The minimum absolute atomic E-state index is 0.919. The van der Waals surface area contributed by atoms with Crippen molar-refractivity contribution in [3.8, 4) is 0 Å². The highest BCUT2D eigenvalue weighted by Crippen LogP contribution is 2.29. The molecule has 3 rings (SSSR count). The quantitative estimate of drug-likeness (QED) is 0.893. The molecule has 2 aromatic rings. The largest absolute Gasteiger partial charge is 0.378 e. The Hall–Kier alpha value is -1.48. The molecule has 0 unspecified atom stereocenters. The van der Waals surface area contributed by atoms with Gasteiger partial charge in [0, 0.05) is 24.5 Å².